The number of halogens is 2. The normalized spacial score (nSPS) is 36.5. The Bertz CT molecular complexity index is 734. The zero-order chi connectivity index (χ0) is 15.2. The average Bonchev–Trinajstić information content (AvgIpc) is 3.07. The Morgan fingerprint density at radius 3 is 2.09 bits per heavy atom. The summed E-state index contributed by atoms with van der Waals surface area (Å²) in [6, 6.07) is 4.89. The van der Waals surface area contributed by atoms with E-state index in [-0.39, 0.29) is 40.9 Å². The maximum Gasteiger partial charge on any atom is 0.238 e. The third kappa shape index (κ3) is 1.35. The summed E-state index contributed by atoms with van der Waals surface area (Å²) in [5, 5.41) is 0.835. The second-order valence-electron chi connectivity index (χ2n) is 6.83. The van der Waals surface area contributed by atoms with E-state index < -0.39 is 0 Å². The first-order valence-electron chi connectivity index (χ1n) is 7.56. The van der Waals surface area contributed by atoms with Crippen LogP contribution >= 0.6 is 23.2 Å². The number of nitrogens with zero attached hydrogens (tertiary/aromatic N) is 1. The third-order valence-electron chi connectivity index (χ3n) is 6.00. The molecule has 2 saturated carbocycles. The third-order valence-corrected chi connectivity index (χ3v) is 6.54. The van der Waals surface area contributed by atoms with Crippen LogP contribution < -0.4 is 4.90 Å². The summed E-state index contributed by atoms with van der Waals surface area (Å²) in [5.41, 5.74) is 0.677. The summed E-state index contributed by atoms with van der Waals surface area (Å²) in [7, 11) is 0. The van der Waals surface area contributed by atoms with E-state index in [9.17, 15) is 9.59 Å². The van der Waals surface area contributed by atoms with Gasteiger partial charge >= 0.3 is 0 Å². The fourth-order valence-electron chi connectivity index (χ4n) is 4.98. The highest BCUT2D eigenvalue weighted by molar-refractivity contribution is 6.38. The van der Waals surface area contributed by atoms with Crippen molar-refractivity contribution in [1.29, 1.82) is 0 Å². The van der Waals surface area contributed by atoms with E-state index in [1.54, 1.807) is 18.2 Å². The molecule has 5 rings (SSSR count). The molecule has 0 unspecified atom stereocenters. The van der Waals surface area contributed by atoms with Crippen LogP contribution in [0.1, 0.15) is 12.8 Å². The summed E-state index contributed by atoms with van der Waals surface area (Å²) in [5.74, 6) is -0.122. The van der Waals surface area contributed by atoms with Crippen molar-refractivity contribution in [2.24, 2.45) is 29.1 Å². The smallest absolute Gasteiger partial charge is 0.238 e. The molecule has 4 aliphatic rings. The van der Waals surface area contributed by atoms with Gasteiger partial charge in [-0.2, -0.15) is 0 Å². The Hall–Kier alpha value is -1.32. The monoisotopic (exact) mass is 333 g/mol. The van der Waals surface area contributed by atoms with Gasteiger partial charge in [0.25, 0.3) is 0 Å². The minimum absolute atomic E-state index is 0.0950. The van der Waals surface area contributed by atoms with E-state index in [0.717, 1.165) is 12.8 Å². The molecule has 22 heavy (non-hydrogen) atoms. The number of imide groups is 1. The molecule has 1 aliphatic heterocycles. The van der Waals surface area contributed by atoms with Gasteiger partial charge < -0.3 is 0 Å². The van der Waals surface area contributed by atoms with Crippen molar-refractivity contribution in [2.75, 3.05) is 4.90 Å². The molecule has 1 spiro atoms. The maximum atomic E-state index is 12.9. The van der Waals surface area contributed by atoms with E-state index >= 15 is 0 Å². The van der Waals surface area contributed by atoms with Crippen LogP contribution in [0.15, 0.2) is 30.4 Å². The molecular weight excluding hydrogens is 321 g/mol. The highest BCUT2D eigenvalue weighted by Gasteiger charge is 2.73. The van der Waals surface area contributed by atoms with Gasteiger partial charge in [-0.25, -0.2) is 4.90 Å². The van der Waals surface area contributed by atoms with E-state index in [4.69, 9.17) is 23.2 Å². The van der Waals surface area contributed by atoms with Gasteiger partial charge in [0.05, 0.1) is 22.5 Å². The second-order valence-corrected chi connectivity index (χ2v) is 7.67. The Morgan fingerprint density at radius 2 is 1.59 bits per heavy atom. The number of anilines is 1. The zero-order valence-corrected chi connectivity index (χ0v) is 13.1. The molecule has 4 atom stereocenters. The van der Waals surface area contributed by atoms with E-state index in [1.807, 2.05) is 0 Å². The van der Waals surface area contributed by atoms with E-state index in [2.05, 4.69) is 12.2 Å². The molecule has 1 aromatic carbocycles. The topological polar surface area (TPSA) is 37.4 Å². The molecule has 3 aliphatic carbocycles. The molecule has 1 saturated heterocycles. The van der Waals surface area contributed by atoms with Gasteiger partial charge in [-0.1, -0.05) is 35.4 Å². The SMILES string of the molecule is O=C1[C@@H]2[C@@H](C(=O)N1c1ccc(Cl)cc1Cl)[C@@H]1C=C[C@@H]2C12CC2. The number of carbonyl (C=O) groups excluding carboxylic acids is 2. The summed E-state index contributed by atoms with van der Waals surface area (Å²) in [6.07, 6.45) is 6.61. The molecule has 5 heteroatoms. The molecule has 2 bridgehead atoms. The van der Waals surface area contributed by atoms with Gasteiger partial charge in [0.1, 0.15) is 0 Å². The molecule has 2 amide bonds. The average molecular weight is 334 g/mol. The molecule has 0 N–H and O–H groups in total. The largest absolute Gasteiger partial charge is 0.274 e. The molecule has 3 nitrogen and oxygen atoms in total. The molecule has 112 valence electrons. The van der Waals surface area contributed by atoms with E-state index in [1.165, 1.54) is 4.90 Å². The summed E-state index contributed by atoms with van der Waals surface area (Å²) in [4.78, 5) is 27.1. The lowest BCUT2D eigenvalue weighted by Gasteiger charge is -2.22. The molecule has 3 fully saturated rings. The molecule has 0 aromatic heterocycles. The van der Waals surface area contributed by atoms with Crippen LogP contribution in [0.25, 0.3) is 0 Å². The Balaban J connectivity index is 1.59. The van der Waals surface area contributed by atoms with Crippen LogP contribution in [0.4, 0.5) is 5.69 Å². The van der Waals surface area contributed by atoms with Crippen LogP contribution in [0, 0.1) is 29.1 Å². The fraction of sp³-hybridized carbons (Fsp3) is 0.412. The Kier molecular flexibility index (Phi) is 2.36. The standard InChI is InChI=1S/C17H13Cl2NO2/c18-8-1-4-12(11(19)7-8)20-15(21)13-9-2-3-10(14(13)16(20)22)17(9)5-6-17/h1-4,7,9-10,13-14H,5-6H2/t9-,10-,13-,14-/m0/s1. The predicted molar refractivity (Wildman–Crippen MR) is 83.7 cm³/mol. The van der Waals surface area contributed by atoms with Gasteiger partial charge in [-0.05, 0) is 48.3 Å². The number of allylic oxidation sites excluding steroid dienone is 2. The van der Waals surface area contributed by atoms with Crippen molar-refractivity contribution in [1.82, 2.24) is 0 Å². The zero-order valence-electron chi connectivity index (χ0n) is 11.6. The highest BCUT2D eigenvalue weighted by atomic mass is 35.5. The van der Waals surface area contributed by atoms with Crippen LogP contribution in [-0.2, 0) is 9.59 Å². The number of benzene rings is 1. The summed E-state index contributed by atoms with van der Waals surface area (Å²) >= 11 is 12.1. The lowest BCUT2D eigenvalue weighted by atomic mass is 9.85. The summed E-state index contributed by atoms with van der Waals surface area (Å²) < 4.78 is 0. The number of hydrogen-bond donors (Lipinski definition) is 0. The molecule has 0 radical (unpaired) electrons. The first-order valence-corrected chi connectivity index (χ1v) is 8.31. The Labute approximate surface area is 137 Å². The van der Waals surface area contributed by atoms with Gasteiger partial charge in [0.15, 0.2) is 0 Å². The predicted octanol–water partition coefficient (Wildman–Crippen LogP) is 3.70. The first kappa shape index (κ1) is 13.1. The second kappa shape index (κ2) is 3.95. The number of fused-ring (bicyclic) bond motifs is 3. The maximum absolute atomic E-state index is 12.9. The number of amides is 2. The quantitative estimate of drug-likeness (QED) is 0.580. The van der Waals surface area contributed by atoms with Crippen molar-refractivity contribution in [3.63, 3.8) is 0 Å². The van der Waals surface area contributed by atoms with Crippen LogP contribution in [0.3, 0.4) is 0 Å². The van der Waals surface area contributed by atoms with Gasteiger partial charge in [0.2, 0.25) is 11.8 Å². The molecule has 1 aromatic rings. The van der Waals surface area contributed by atoms with Gasteiger partial charge in [-0.15, -0.1) is 0 Å². The molecular formula is C17H13Cl2NO2. The lowest BCUT2D eigenvalue weighted by molar-refractivity contribution is -0.123. The van der Waals surface area contributed by atoms with Crippen molar-refractivity contribution in [2.45, 2.75) is 12.8 Å². The first-order chi connectivity index (χ1) is 10.5. The minimum atomic E-state index is -0.197. The van der Waals surface area contributed by atoms with Crippen LogP contribution in [0.5, 0.6) is 0 Å². The number of hydrogen-bond acceptors (Lipinski definition) is 2. The Morgan fingerprint density at radius 1 is 1.00 bits per heavy atom. The van der Waals surface area contributed by atoms with Crippen LogP contribution in [0.2, 0.25) is 10.0 Å². The minimum Gasteiger partial charge on any atom is -0.274 e. The van der Waals surface area contributed by atoms with Crippen LogP contribution in [-0.4, -0.2) is 11.8 Å². The van der Waals surface area contributed by atoms with Gasteiger partial charge in [-0.3, -0.25) is 9.59 Å². The van der Waals surface area contributed by atoms with Gasteiger partial charge in [0, 0.05) is 5.02 Å². The van der Waals surface area contributed by atoms with Crippen molar-refractivity contribution < 1.29 is 9.59 Å². The van der Waals surface area contributed by atoms with Crippen molar-refractivity contribution in [3.05, 3.63) is 40.4 Å². The number of rotatable bonds is 1. The van der Waals surface area contributed by atoms with Crippen molar-refractivity contribution in [3.8, 4) is 0 Å². The number of carbonyl (C=O) groups is 2. The van der Waals surface area contributed by atoms with Crippen molar-refractivity contribution >= 4 is 40.7 Å². The molecule has 1 heterocycles. The highest BCUT2D eigenvalue weighted by Crippen LogP contribution is 2.73. The lowest BCUT2D eigenvalue weighted by Crippen LogP contribution is -2.34. The fourth-order valence-corrected chi connectivity index (χ4v) is 5.47. The van der Waals surface area contributed by atoms with E-state index in [0.29, 0.717) is 15.7 Å². The summed E-state index contributed by atoms with van der Waals surface area (Å²) in [6.45, 7) is 0.